The quantitative estimate of drug-likeness (QED) is 0.782. The maximum absolute atomic E-state index is 12.1. The zero-order valence-corrected chi connectivity index (χ0v) is 10.4. The molecule has 1 aliphatic carbocycles. The lowest BCUT2D eigenvalue weighted by Gasteiger charge is -2.20. The number of nitrogens with zero attached hydrogens (tertiary/aromatic N) is 2. The number of nitrogens with two attached hydrogens (primary N) is 1. The Balaban J connectivity index is 1.80. The van der Waals surface area contributed by atoms with Gasteiger partial charge in [0.15, 0.2) is 0 Å². The molecule has 1 aromatic rings. The van der Waals surface area contributed by atoms with Crippen molar-refractivity contribution in [3.8, 4) is 0 Å². The third-order valence-electron chi connectivity index (χ3n) is 4.08. The Bertz CT molecular complexity index is 529. The number of carbonyl (C=O) groups excluding carboxylic acids is 2. The van der Waals surface area contributed by atoms with E-state index in [1.807, 2.05) is 13.8 Å². The van der Waals surface area contributed by atoms with Gasteiger partial charge >= 0.3 is 0 Å². The van der Waals surface area contributed by atoms with Crippen LogP contribution in [0.4, 0.5) is 5.82 Å². The molecule has 5 heteroatoms. The van der Waals surface area contributed by atoms with E-state index < -0.39 is 0 Å². The van der Waals surface area contributed by atoms with Gasteiger partial charge in [0.1, 0.15) is 5.82 Å². The van der Waals surface area contributed by atoms with Crippen molar-refractivity contribution < 1.29 is 9.59 Å². The van der Waals surface area contributed by atoms with E-state index in [1.54, 1.807) is 18.3 Å². The van der Waals surface area contributed by atoms with Crippen LogP contribution in [0.3, 0.4) is 0 Å². The summed E-state index contributed by atoms with van der Waals surface area (Å²) in [6, 6.07) is 3.46. The van der Waals surface area contributed by atoms with E-state index in [0.29, 0.717) is 12.4 Å². The SMILES string of the molecule is CC1(C)C2C(=O)N(Cc3ccnc(N)c3)C(=O)C21. The van der Waals surface area contributed by atoms with Crippen molar-refractivity contribution in [3.05, 3.63) is 23.9 Å². The summed E-state index contributed by atoms with van der Waals surface area (Å²) in [5, 5.41) is 0. The van der Waals surface area contributed by atoms with E-state index in [4.69, 9.17) is 5.73 Å². The lowest BCUT2D eigenvalue weighted by atomic mass is 10.1. The number of amides is 2. The van der Waals surface area contributed by atoms with Gasteiger partial charge in [-0.05, 0) is 23.1 Å². The maximum Gasteiger partial charge on any atom is 0.233 e. The highest BCUT2D eigenvalue weighted by Crippen LogP contribution is 2.63. The van der Waals surface area contributed by atoms with Gasteiger partial charge in [0.25, 0.3) is 0 Å². The van der Waals surface area contributed by atoms with Gasteiger partial charge in [-0.3, -0.25) is 14.5 Å². The predicted molar refractivity (Wildman–Crippen MR) is 65.0 cm³/mol. The van der Waals surface area contributed by atoms with Crippen LogP contribution in [0.15, 0.2) is 18.3 Å². The monoisotopic (exact) mass is 245 g/mol. The molecule has 5 nitrogen and oxygen atoms in total. The van der Waals surface area contributed by atoms with Crippen molar-refractivity contribution in [2.24, 2.45) is 17.3 Å². The summed E-state index contributed by atoms with van der Waals surface area (Å²) in [6.07, 6.45) is 1.58. The van der Waals surface area contributed by atoms with Gasteiger partial charge in [-0.15, -0.1) is 0 Å². The summed E-state index contributed by atoms with van der Waals surface area (Å²) in [6.45, 7) is 4.24. The van der Waals surface area contributed by atoms with Crippen LogP contribution in [0.25, 0.3) is 0 Å². The van der Waals surface area contributed by atoms with E-state index >= 15 is 0 Å². The third kappa shape index (κ3) is 1.36. The van der Waals surface area contributed by atoms with Crippen LogP contribution in [0.5, 0.6) is 0 Å². The van der Waals surface area contributed by atoms with Crippen molar-refractivity contribution in [3.63, 3.8) is 0 Å². The van der Waals surface area contributed by atoms with Crippen LogP contribution in [0, 0.1) is 17.3 Å². The van der Waals surface area contributed by atoms with Gasteiger partial charge in [-0.2, -0.15) is 0 Å². The van der Waals surface area contributed by atoms with E-state index in [9.17, 15) is 9.59 Å². The fourth-order valence-corrected chi connectivity index (χ4v) is 2.94. The van der Waals surface area contributed by atoms with Crippen LogP contribution in [0.2, 0.25) is 0 Å². The molecule has 0 bridgehead atoms. The lowest BCUT2D eigenvalue weighted by Crippen LogP contribution is -2.35. The molecule has 2 N–H and O–H groups in total. The average molecular weight is 245 g/mol. The summed E-state index contributed by atoms with van der Waals surface area (Å²) in [4.78, 5) is 29.5. The number of hydrogen-bond donors (Lipinski definition) is 1. The predicted octanol–water partition coefficient (Wildman–Crippen LogP) is 0.805. The Morgan fingerprint density at radius 1 is 1.33 bits per heavy atom. The Morgan fingerprint density at radius 2 is 1.94 bits per heavy atom. The van der Waals surface area contributed by atoms with Gasteiger partial charge in [0, 0.05) is 6.20 Å². The van der Waals surface area contributed by atoms with Gasteiger partial charge in [0.2, 0.25) is 11.8 Å². The minimum Gasteiger partial charge on any atom is -0.384 e. The van der Waals surface area contributed by atoms with Crippen molar-refractivity contribution in [1.29, 1.82) is 0 Å². The van der Waals surface area contributed by atoms with Crippen LogP contribution in [-0.4, -0.2) is 21.7 Å². The number of carbonyl (C=O) groups is 2. The highest BCUT2D eigenvalue weighted by Gasteiger charge is 2.72. The van der Waals surface area contributed by atoms with Crippen LogP contribution in [-0.2, 0) is 16.1 Å². The first-order valence-electron chi connectivity index (χ1n) is 5.98. The molecule has 94 valence electrons. The van der Waals surface area contributed by atoms with Crippen LogP contribution >= 0.6 is 0 Å². The maximum atomic E-state index is 12.1. The number of hydrogen-bond acceptors (Lipinski definition) is 4. The number of aromatic nitrogens is 1. The zero-order valence-electron chi connectivity index (χ0n) is 10.4. The Morgan fingerprint density at radius 3 is 2.50 bits per heavy atom. The standard InChI is InChI=1S/C13H15N3O2/c1-13(2)9-10(13)12(18)16(11(9)17)6-7-3-4-15-8(14)5-7/h3-5,9-10H,6H2,1-2H3,(H2,14,15). The van der Waals surface area contributed by atoms with E-state index in [-0.39, 0.29) is 29.1 Å². The Hall–Kier alpha value is -1.91. The molecule has 1 saturated heterocycles. The first-order valence-corrected chi connectivity index (χ1v) is 5.98. The molecule has 2 unspecified atom stereocenters. The van der Waals surface area contributed by atoms with Crippen LogP contribution in [0.1, 0.15) is 19.4 Å². The summed E-state index contributed by atoms with van der Waals surface area (Å²) < 4.78 is 0. The molecule has 1 aliphatic heterocycles. The topological polar surface area (TPSA) is 76.3 Å². The molecular formula is C13H15N3O2. The molecule has 18 heavy (non-hydrogen) atoms. The molecule has 1 aromatic heterocycles. The zero-order chi connectivity index (χ0) is 13.1. The summed E-state index contributed by atoms with van der Waals surface area (Å²) in [5.74, 6) is 0.0567. The minimum absolute atomic E-state index is 0.0506. The second-order valence-corrected chi connectivity index (χ2v) is 5.63. The lowest BCUT2D eigenvalue weighted by molar-refractivity contribution is -0.143. The number of rotatable bonds is 2. The first-order chi connectivity index (χ1) is 8.43. The molecule has 2 heterocycles. The van der Waals surface area contributed by atoms with E-state index in [0.717, 1.165) is 5.56 Å². The third-order valence-corrected chi connectivity index (χ3v) is 4.08. The van der Waals surface area contributed by atoms with Crippen molar-refractivity contribution in [1.82, 2.24) is 9.88 Å². The molecule has 1 saturated carbocycles. The van der Waals surface area contributed by atoms with Crippen molar-refractivity contribution in [2.75, 3.05) is 5.73 Å². The number of anilines is 1. The van der Waals surface area contributed by atoms with E-state index in [2.05, 4.69) is 4.98 Å². The van der Waals surface area contributed by atoms with Crippen LogP contribution < -0.4 is 5.73 Å². The molecule has 2 amide bonds. The summed E-state index contributed by atoms with van der Waals surface area (Å²) in [7, 11) is 0. The number of fused-ring (bicyclic) bond motifs is 1. The van der Waals surface area contributed by atoms with Gasteiger partial charge < -0.3 is 5.73 Å². The molecule has 3 rings (SSSR count). The minimum atomic E-state index is -0.151. The largest absolute Gasteiger partial charge is 0.384 e. The Labute approximate surface area is 105 Å². The highest BCUT2D eigenvalue weighted by atomic mass is 16.2. The smallest absolute Gasteiger partial charge is 0.233 e. The van der Waals surface area contributed by atoms with Gasteiger partial charge in [0.05, 0.1) is 18.4 Å². The van der Waals surface area contributed by atoms with Gasteiger partial charge in [-0.1, -0.05) is 13.8 Å². The second-order valence-electron chi connectivity index (χ2n) is 5.63. The number of imide groups is 1. The van der Waals surface area contributed by atoms with E-state index in [1.165, 1.54) is 4.90 Å². The molecule has 0 radical (unpaired) electrons. The van der Waals surface area contributed by atoms with Crippen molar-refractivity contribution >= 4 is 17.6 Å². The number of pyridine rings is 1. The summed E-state index contributed by atoms with van der Waals surface area (Å²) >= 11 is 0. The highest BCUT2D eigenvalue weighted by molar-refractivity contribution is 6.10. The average Bonchev–Trinajstić information content (AvgIpc) is 2.77. The normalized spacial score (nSPS) is 28.4. The first kappa shape index (κ1) is 11.2. The number of nitrogen functional groups attached to an aromatic ring is 1. The summed E-state index contributed by atoms with van der Waals surface area (Å²) in [5.41, 5.74) is 6.27. The number of piperidine rings is 1. The fraction of sp³-hybridized carbons (Fsp3) is 0.462. The Kier molecular flexibility index (Phi) is 2.06. The fourth-order valence-electron chi connectivity index (χ4n) is 2.94. The molecule has 0 aromatic carbocycles. The molecule has 2 atom stereocenters. The molecule has 2 aliphatic rings. The number of likely N-dealkylation sites (tertiary alicyclic amines) is 1. The molecule has 0 spiro atoms. The second kappa shape index (κ2) is 3.31. The van der Waals surface area contributed by atoms with Gasteiger partial charge in [-0.25, -0.2) is 4.98 Å². The molecule has 2 fully saturated rings. The molecular weight excluding hydrogens is 230 g/mol. The van der Waals surface area contributed by atoms with Crippen molar-refractivity contribution in [2.45, 2.75) is 20.4 Å².